The fourth-order valence-corrected chi connectivity index (χ4v) is 3.87. The number of carbonyl (C=O) groups is 2. The maximum Gasteiger partial charge on any atom is 0.323 e. The molecule has 0 unspecified atom stereocenters. The molecule has 9 heteroatoms. The lowest BCUT2D eigenvalue weighted by atomic mass is 10.2. The van der Waals surface area contributed by atoms with Crippen molar-refractivity contribution in [1.29, 1.82) is 0 Å². The van der Waals surface area contributed by atoms with Crippen LogP contribution in [-0.4, -0.2) is 31.1 Å². The minimum absolute atomic E-state index is 0.225. The second-order valence-corrected chi connectivity index (χ2v) is 7.70. The van der Waals surface area contributed by atoms with E-state index in [1.807, 2.05) is 12.1 Å². The first kappa shape index (κ1) is 21.1. The number of fused-ring (bicyclic) bond motifs is 1. The predicted octanol–water partition coefficient (Wildman–Crippen LogP) is 5.21. The Morgan fingerprint density at radius 2 is 1.50 bits per heavy atom. The molecule has 0 aliphatic rings. The van der Waals surface area contributed by atoms with Crippen molar-refractivity contribution in [3.8, 4) is 11.5 Å². The molecule has 1 heterocycles. The molecule has 162 valence electrons. The highest BCUT2D eigenvalue weighted by Crippen LogP contribution is 2.30. The van der Waals surface area contributed by atoms with E-state index in [-0.39, 0.29) is 5.91 Å². The lowest BCUT2D eigenvalue weighted by Crippen LogP contribution is -2.19. The van der Waals surface area contributed by atoms with E-state index in [2.05, 4.69) is 20.9 Å². The molecule has 4 aromatic rings. The van der Waals surface area contributed by atoms with Crippen molar-refractivity contribution in [1.82, 2.24) is 4.98 Å². The summed E-state index contributed by atoms with van der Waals surface area (Å²) >= 11 is 1.36. The third-order valence-corrected chi connectivity index (χ3v) is 5.50. The van der Waals surface area contributed by atoms with E-state index in [4.69, 9.17) is 9.47 Å². The van der Waals surface area contributed by atoms with Crippen molar-refractivity contribution in [2.24, 2.45) is 0 Å². The van der Waals surface area contributed by atoms with Gasteiger partial charge in [0.2, 0.25) is 0 Å². The second kappa shape index (κ2) is 9.36. The molecule has 32 heavy (non-hydrogen) atoms. The molecule has 0 spiro atoms. The first-order valence-electron chi connectivity index (χ1n) is 9.63. The van der Waals surface area contributed by atoms with Crippen LogP contribution in [0.2, 0.25) is 0 Å². The summed E-state index contributed by atoms with van der Waals surface area (Å²) in [5.41, 5.74) is 2.35. The number of hydrogen-bond donors (Lipinski definition) is 3. The number of benzene rings is 3. The minimum atomic E-state index is -0.413. The summed E-state index contributed by atoms with van der Waals surface area (Å²) in [4.78, 5) is 29.2. The van der Waals surface area contributed by atoms with Crippen LogP contribution in [0.1, 0.15) is 10.4 Å². The Morgan fingerprint density at radius 3 is 2.22 bits per heavy atom. The summed E-state index contributed by atoms with van der Waals surface area (Å²) in [6, 6.07) is 19.0. The van der Waals surface area contributed by atoms with Crippen LogP contribution in [0.3, 0.4) is 0 Å². The highest BCUT2D eigenvalue weighted by atomic mass is 32.1. The van der Waals surface area contributed by atoms with E-state index in [1.54, 1.807) is 61.7 Å². The Kier molecular flexibility index (Phi) is 6.18. The number of nitrogens with zero attached hydrogens (tertiary/aromatic N) is 1. The van der Waals surface area contributed by atoms with Gasteiger partial charge in [-0.15, -0.1) is 0 Å². The van der Waals surface area contributed by atoms with Gasteiger partial charge in [-0.3, -0.25) is 10.1 Å². The van der Waals surface area contributed by atoms with E-state index in [0.29, 0.717) is 39.1 Å². The second-order valence-electron chi connectivity index (χ2n) is 6.67. The number of amides is 3. The van der Waals surface area contributed by atoms with Crippen LogP contribution in [0.15, 0.2) is 66.7 Å². The molecule has 3 aromatic carbocycles. The van der Waals surface area contributed by atoms with Gasteiger partial charge in [-0.1, -0.05) is 29.5 Å². The molecule has 0 saturated carbocycles. The predicted molar refractivity (Wildman–Crippen MR) is 126 cm³/mol. The zero-order chi connectivity index (χ0) is 22.5. The number of thiazole rings is 1. The van der Waals surface area contributed by atoms with Gasteiger partial charge in [-0.05, 0) is 42.5 Å². The van der Waals surface area contributed by atoms with Crippen LogP contribution < -0.4 is 25.4 Å². The molecule has 3 N–H and O–H groups in total. The van der Waals surface area contributed by atoms with Gasteiger partial charge < -0.3 is 20.1 Å². The quantitative estimate of drug-likeness (QED) is 0.376. The molecule has 1 aromatic heterocycles. The average Bonchev–Trinajstić information content (AvgIpc) is 3.20. The number of methoxy groups -OCH3 is 2. The number of rotatable bonds is 6. The Hall–Kier alpha value is -4.11. The Labute approximate surface area is 188 Å². The van der Waals surface area contributed by atoms with Crippen LogP contribution in [-0.2, 0) is 0 Å². The lowest BCUT2D eigenvalue weighted by Gasteiger charge is -2.11. The van der Waals surface area contributed by atoms with E-state index in [9.17, 15) is 9.59 Å². The van der Waals surface area contributed by atoms with Gasteiger partial charge in [0.05, 0.1) is 24.4 Å². The van der Waals surface area contributed by atoms with E-state index < -0.39 is 6.03 Å². The molecule has 0 aliphatic heterocycles. The largest absolute Gasteiger partial charge is 0.493 e. The van der Waals surface area contributed by atoms with Gasteiger partial charge in [-0.25, -0.2) is 9.78 Å². The fourth-order valence-electron chi connectivity index (χ4n) is 3.02. The highest BCUT2D eigenvalue weighted by molar-refractivity contribution is 7.22. The molecular weight excluding hydrogens is 428 g/mol. The van der Waals surface area contributed by atoms with Gasteiger partial charge in [-0.2, -0.15) is 0 Å². The number of ether oxygens (including phenoxy) is 2. The summed E-state index contributed by atoms with van der Waals surface area (Å²) < 4.78 is 11.3. The SMILES string of the molecule is COc1ccc(NC(=O)Nc2ccc3sc(NC(=O)c4ccccc4)nc3c2)cc1OC. The zero-order valence-electron chi connectivity index (χ0n) is 17.3. The summed E-state index contributed by atoms with van der Waals surface area (Å²) in [6.45, 7) is 0. The molecule has 0 atom stereocenters. The maximum atomic E-state index is 12.4. The summed E-state index contributed by atoms with van der Waals surface area (Å²) in [5.74, 6) is 0.860. The van der Waals surface area contributed by atoms with Crippen molar-refractivity contribution in [2.45, 2.75) is 0 Å². The number of hydrogen-bond acceptors (Lipinski definition) is 6. The van der Waals surface area contributed by atoms with Gasteiger partial charge in [0.15, 0.2) is 16.6 Å². The van der Waals surface area contributed by atoms with Crippen LogP contribution in [0.4, 0.5) is 21.3 Å². The number of anilines is 3. The van der Waals surface area contributed by atoms with E-state index in [0.717, 1.165) is 4.70 Å². The van der Waals surface area contributed by atoms with Crippen LogP contribution >= 0.6 is 11.3 Å². The molecule has 0 aliphatic carbocycles. The molecular formula is C23H20N4O4S. The van der Waals surface area contributed by atoms with Crippen molar-refractivity contribution >= 4 is 50.0 Å². The highest BCUT2D eigenvalue weighted by Gasteiger charge is 2.11. The summed E-state index contributed by atoms with van der Waals surface area (Å²) in [5, 5.41) is 8.83. The molecule has 8 nitrogen and oxygen atoms in total. The maximum absolute atomic E-state index is 12.4. The van der Waals surface area contributed by atoms with Crippen LogP contribution in [0.5, 0.6) is 11.5 Å². The van der Waals surface area contributed by atoms with Crippen LogP contribution in [0.25, 0.3) is 10.2 Å². The number of carbonyl (C=O) groups excluding carboxylic acids is 2. The first-order chi connectivity index (χ1) is 15.6. The van der Waals surface area contributed by atoms with Crippen LogP contribution in [0, 0.1) is 0 Å². The Morgan fingerprint density at radius 1 is 0.812 bits per heavy atom. The zero-order valence-corrected chi connectivity index (χ0v) is 18.2. The molecule has 4 rings (SSSR count). The molecule has 3 amide bonds. The third-order valence-electron chi connectivity index (χ3n) is 4.54. The van der Waals surface area contributed by atoms with Crippen molar-refractivity contribution in [2.75, 3.05) is 30.2 Å². The van der Waals surface area contributed by atoms with Gasteiger partial charge >= 0.3 is 6.03 Å². The van der Waals surface area contributed by atoms with Gasteiger partial charge in [0.1, 0.15) is 0 Å². The van der Waals surface area contributed by atoms with E-state index in [1.165, 1.54) is 18.4 Å². The van der Waals surface area contributed by atoms with Crippen molar-refractivity contribution in [3.05, 3.63) is 72.3 Å². The van der Waals surface area contributed by atoms with Gasteiger partial charge in [0, 0.05) is 23.0 Å². The lowest BCUT2D eigenvalue weighted by molar-refractivity contribution is 0.102. The van der Waals surface area contributed by atoms with Gasteiger partial charge in [0.25, 0.3) is 5.91 Å². The van der Waals surface area contributed by atoms with E-state index >= 15 is 0 Å². The molecule has 0 saturated heterocycles. The Balaban J connectivity index is 1.43. The first-order valence-corrected chi connectivity index (χ1v) is 10.4. The summed E-state index contributed by atoms with van der Waals surface area (Å²) in [6.07, 6.45) is 0. The summed E-state index contributed by atoms with van der Waals surface area (Å²) in [7, 11) is 3.08. The van der Waals surface area contributed by atoms with Crippen molar-refractivity contribution in [3.63, 3.8) is 0 Å². The third kappa shape index (κ3) is 4.79. The normalized spacial score (nSPS) is 10.4. The van der Waals surface area contributed by atoms with Crippen molar-refractivity contribution < 1.29 is 19.1 Å². The minimum Gasteiger partial charge on any atom is -0.493 e. The molecule has 0 bridgehead atoms. The molecule has 0 radical (unpaired) electrons. The topological polar surface area (TPSA) is 102 Å². The number of nitrogens with one attached hydrogen (secondary N) is 3. The Bertz CT molecular complexity index is 1270. The fraction of sp³-hybridized carbons (Fsp3) is 0.0870. The number of urea groups is 1. The smallest absolute Gasteiger partial charge is 0.323 e. The monoisotopic (exact) mass is 448 g/mol. The standard InChI is InChI=1S/C23H20N4O4S/c1-30-18-10-8-16(13-19(18)31-2)25-22(29)24-15-9-11-20-17(12-15)26-23(32-20)27-21(28)14-6-4-3-5-7-14/h3-13H,1-2H3,(H2,24,25,29)(H,26,27,28). The number of aromatic nitrogens is 1. The average molecular weight is 449 g/mol. The molecule has 0 fully saturated rings.